The molecule has 1 N–H and O–H groups in total. The first-order valence-electron chi connectivity index (χ1n) is 9.02. The summed E-state index contributed by atoms with van der Waals surface area (Å²) in [5.74, 6) is 1.73. The van der Waals surface area contributed by atoms with E-state index in [0.29, 0.717) is 17.6 Å². The van der Waals surface area contributed by atoms with Gasteiger partial charge in [-0.15, -0.1) is 0 Å². The molecule has 1 heteroatoms. The van der Waals surface area contributed by atoms with Crippen molar-refractivity contribution < 1.29 is 5.11 Å². The number of hydrogen-bond acceptors (Lipinski definition) is 1. The third-order valence-corrected chi connectivity index (χ3v) is 4.73. The molecule has 0 bridgehead atoms. The Morgan fingerprint density at radius 1 is 0.857 bits per heavy atom. The van der Waals surface area contributed by atoms with Crippen LogP contribution in [0.5, 0.6) is 5.75 Å². The Balaban J connectivity index is 2.80. The average Bonchev–Trinajstić information content (AvgIpc) is 2.50. The molecular formula is C20H34O. The molecule has 1 nitrogen and oxygen atoms in total. The highest BCUT2D eigenvalue weighted by Gasteiger charge is 2.23. The Morgan fingerprint density at radius 2 is 1.57 bits per heavy atom. The van der Waals surface area contributed by atoms with Gasteiger partial charge in [-0.25, -0.2) is 0 Å². The van der Waals surface area contributed by atoms with Gasteiger partial charge in [-0.1, -0.05) is 83.9 Å². The maximum absolute atomic E-state index is 10.3. The SMILES string of the molecule is CCCCCCC(c1ccccc1O)C(CC)CCCC. The van der Waals surface area contributed by atoms with Crippen LogP contribution in [-0.2, 0) is 0 Å². The minimum atomic E-state index is 0.493. The predicted molar refractivity (Wildman–Crippen MR) is 92.9 cm³/mol. The van der Waals surface area contributed by atoms with Crippen molar-refractivity contribution in [3.8, 4) is 5.75 Å². The number of phenols is 1. The number of benzene rings is 1. The van der Waals surface area contributed by atoms with E-state index in [0.717, 1.165) is 0 Å². The molecule has 21 heavy (non-hydrogen) atoms. The second-order valence-corrected chi connectivity index (χ2v) is 6.33. The van der Waals surface area contributed by atoms with Crippen molar-refractivity contribution in [3.05, 3.63) is 29.8 Å². The van der Waals surface area contributed by atoms with Crippen LogP contribution in [0.2, 0.25) is 0 Å². The Bertz CT molecular complexity index is 372. The van der Waals surface area contributed by atoms with Gasteiger partial charge in [-0.05, 0) is 36.3 Å². The van der Waals surface area contributed by atoms with Gasteiger partial charge in [0, 0.05) is 0 Å². The summed E-state index contributed by atoms with van der Waals surface area (Å²) in [5.41, 5.74) is 1.18. The second kappa shape index (κ2) is 10.7. The summed E-state index contributed by atoms with van der Waals surface area (Å²) in [6.07, 6.45) is 11.5. The number of phenolic OH excluding ortho intramolecular Hbond substituents is 1. The molecule has 2 unspecified atom stereocenters. The van der Waals surface area contributed by atoms with E-state index in [1.54, 1.807) is 0 Å². The van der Waals surface area contributed by atoms with Gasteiger partial charge in [0.2, 0.25) is 0 Å². The first-order chi connectivity index (χ1) is 10.2. The maximum Gasteiger partial charge on any atom is 0.119 e. The third-order valence-electron chi connectivity index (χ3n) is 4.73. The predicted octanol–water partition coefficient (Wildman–Crippen LogP) is 6.66. The van der Waals surface area contributed by atoms with E-state index in [4.69, 9.17) is 0 Å². The van der Waals surface area contributed by atoms with Crippen LogP contribution in [0.4, 0.5) is 0 Å². The fourth-order valence-electron chi connectivity index (χ4n) is 3.39. The summed E-state index contributed by atoms with van der Waals surface area (Å²) in [4.78, 5) is 0. The Hall–Kier alpha value is -0.980. The molecule has 0 amide bonds. The minimum absolute atomic E-state index is 0.493. The number of unbranched alkanes of at least 4 members (excludes halogenated alkanes) is 4. The van der Waals surface area contributed by atoms with Gasteiger partial charge in [-0.2, -0.15) is 0 Å². The highest BCUT2D eigenvalue weighted by Crippen LogP contribution is 2.39. The normalized spacial score (nSPS) is 14.0. The lowest BCUT2D eigenvalue weighted by Crippen LogP contribution is -2.13. The molecule has 0 saturated heterocycles. The standard InChI is InChI=1S/C20H34O/c1-4-7-9-10-14-18(17(6-3)13-8-5-2)19-15-11-12-16-20(19)21/h11-12,15-18,21H,4-10,13-14H2,1-3H3. The van der Waals surface area contributed by atoms with E-state index >= 15 is 0 Å². The van der Waals surface area contributed by atoms with E-state index in [9.17, 15) is 5.11 Å². The maximum atomic E-state index is 10.3. The van der Waals surface area contributed by atoms with Crippen molar-refractivity contribution in [2.75, 3.05) is 0 Å². The molecule has 0 aliphatic carbocycles. The van der Waals surface area contributed by atoms with Crippen LogP contribution >= 0.6 is 0 Å². The van der Waals surface area contributed by atoms with Crippen molar-refractivity contribution in [2.45, 2.75) is 84.5 Å². The number of hydrogen-bond donors (Lipinski definition) is 1. The second-order valence-electron chi connectivity index (χ2n) is 6.33. The summed E-state index contributed by atoms with van der Waals surface area (Å²) < 4.78 is 0. The summed E-state index contributed by atoms with van der Waals surface area (Å²) in [6.45, 7) is 6.83. The van der Waals surface area contributed by atoms with Gasteiger partial charge in [0.15, 0.2) is 0 Å². The number of rotatable bonds is 11. The zero-order valence-corrected chi connectivity index (χ0v) is 14.3. The first-order valence-corrected chi connectivity index (χ1v) is 9.02. The van der Waals surface area contributed by atoms with Crippen LogP contribution in [0.3, 0.4) is 0 Å². The fourth-order valence-corrected chi connectivity index (χ4v) is 3.39. The first kappa shape index (κ1) is 18.1. The van der Waals surface area contributed by atoms with Gasteiger partial charge < -0.3 is 5.11 Å². The molecular weight excluding hydrogens is 256 g/mol. The smallest absolute Gasteiger partial charge is 0.119 e. The molecule has 120 valence electrons. The van der Waals surface area contributed by atoms with Crippen LogP contribution < -0.4 is 0 Å². The van der Waals surface area contributed by atoms with Crippen molar-refractivity contribution in [2.24, 2.45) is 5.92 Å². The van der Waals surface area contributed by atoms with Gasteiger partial charge in [0.1, 0.15) is 5.75 Å². The lowest BCUT2D eigenvalue weighted by atomic mass is 9.78. The molecule has 0 fully saturated rings. The molecule has 0 aliphatic heterocycles. The van der Waals surface area contributed by atoms with Gasteiger partial charge in [0.05, 0.1) is 0 Å². The zero-order valence-electron chi connectivity index (χ0n) is 14.3. The molecule has 0 spiro atoms. The molecule has 0 aliphatic rings. The quantitative estimate of drug-likeness (QED) is 0.452. The molecule has 1 rings (SSSR count). The highest BCUT2D eigenvalue weighted by atomic mass is 16.3. The van der Waals surface area contributed by atoms with Crippen LogP contribution in [0.1, 0.15) is 90.0 Å². The Kier molecular flexibility index (Phi) is 9.21. The number of aromatic hydroxyl groups is 1. The zero-order chi connectivity index (χ0) is 15.5. The van der Waals surface area contributed by atoms with E-state index < -0.39 is 0 Å². The van der Waals surface area contributed by atoms with Gasteiger partial charge in [-0.3, -0.25) is 0 Å². The van der Waals surface area contributed by atoms with Gasteiger partial charge >= 0.3 is 0 Å². The molecule has 0 aromatic heterocycles. The van der Waals surface area contributed by atoms with Crippen molar-refractivity contribution in [3.63, 3.8) is 0 Å². The molecule has 1 aromatic carbocycles. The molecule has 1 aromatic rings. The highest BCUT2D eigenvalue weighted by molar-refractivity contribution is 5.35. The lowest BCUT2D eigenvalue weighted by molar-refractivity contribution is 0.337. The third kappa shape index (κ3) is 6.11. The van der Waals surface area contributed by atoms with Crippen LogP contribution in [0, 0.1) is 5.92 Å². The van der Waals surface area contributed by atoms with Gasteiger partial charge in [0.25, 0.3) is 0 Å². The van der Waals surface area contributed by atoms with Crippen molar-refractivity contribution >= 4 is 0 Å². The molecule has 0 saturated carbocycles. The summed E-state index contributed by atoms with van der Waals surface area (Å²) in [7, 11) is 0. The van der Waals surface area contributed by atoms with Crippen LogP contribution in [0.25, 0.3) is 0 Å². The molecule has 0 radical (unpaired) electrons. The van der Waals surface area contributed by atoms with Crippen molar-refractivity contribution in [1.82, 2.24) is 0 Å². The lowest BCUT2D eigenvalue weighted by Gasteiger charge is -2.27. The summed E-state index contributed by atoms with van der Waals surface area (Å²) in [6, 6.07) is 7.98. The molecule has 0 heterocycles. The topological polar surface area (TPSA) is 20.2 Å². The molecule has 2 atom stereocenters. The minimum Gasteiger partial charge on any atom is -0.508 e. The Morgan fingerprint density at radius 3 is 2.19 bits per heavy atom. The van der Waals surface area contributed by atoms with Crippen molar-refractivity contribution in [1.29, 1.82) is 0 Å². The average molecular weight is 290 g/mol. The fraction of sp³-hybridized carbons (Fsp3) is 0.700. The monoisotopic (exact) mass is 290 g/mol. The van der Waals surface area contributed by atoms with Crippen LogP contribution in [0.15, 0.2) is 24.3 Å². The Labute approximate surface area is 131 Å². The van der Waals surface area contributed by atoms with Crippen LogP contribution in [-0.4, -0.2) is 5.11 Å². The van der Waals surface area contributed by atoms with E-state index in [-0.39, 0.29) is 0 Å². The summed E-state index contributed by atoms with van der Waals surface area (Å²) in [5, 5.41) is 10.3. The summed E-state index contributed by atoms with van der Waals surface area (Å²) >= 11 is 0. The largest absolute Gasteiger partial charge is 0.508 e. The number of para-hydroxylation sites is 1. The van der Waals surface area contributed by atoms with E-state index in [2.05, 4.69) is 32.9 Å². The van der Waals surface area contributed by atoms with E-state index in [1.807, 2.05) is 12.1 Å². The van der Waals surface area contributed by atoms with E-state index in [1.165, 1.54) is 63.4 Å².